The van der Waals surface area contributed by atoms with Crippen LogP contribution >= 0.6 is 24.0 Å². The molecule has 2 fully saturated rings. The van der Waals surface area contributed by atoms with Gasteiger partial charge in [0.2, 0.25) is 11.8 Å². The first-order valence-electron chi connectivity index (χ1n) is 9.11. The Bertz CT molecular complexity index is 468. The second-order valence-electron chi connectivity index (χ2n) is 6.87. The van der Waals surface area contributed by atoms with Gasteiger partial charge in [-0.1, -0.05) is 6.42 Å². The van der Waals surface area contributed by atoms with Gasteiger partial charge in [0.05, 0.1) is 0 Å². The highest BCUT2D eigenvalue weighted by Crippen LogP contribution is 2.26. The van der Waals surface area contributed by atoms with E-state index in [2.05, 4.69) is 20.5 Å². The Kier molecular flexibility index (Phi) is 10.1. The number of piperidine rings is 1. The van der Waals surface area contributed by atoms with Gasteiger partial charge in [-0.05, 0) is 38.0 Å². The van der Waals surface area contributed by atoms with Gasteiger partial charge in [-0.2, -0.15) is 0 Å². The summed E-state index contributed by atoms with van der Waals surface area (Å²) < 4.78 is 0. The minimum atomic E-state index is -0.230. The van der Waals surface area contributed by atoms with Crippen LogP contribution in [-0.2, 0) is 9.59 Å². The summed E-state index contributed by atoms with van der Waals surface area (Å²) in [6.45, 7) is 3.24. The molecule has 0 bridgehead atoms. The number of nitrogens with zero attached hydrogens (tertiary/aromatic N) is 2. The van der Waals surface area contributed by atoms with Crippen molar-refractivity contribution in [1.29, 1.82) is 0 Å². The lowest BCUT2D eigenvalue weighted by Crippen LogP contribution is -2.47. The van der Waals surface area contributed by atoms with Crippen molar-refractivity contribution in [2.45, 2.75) is 44.9 Å². The molecule has 1 saturated heterocycles. The molecular weight excluding hydrogens is 433 g/mol. The van der Waals surface area contributed by atoms with Crippen molar-refractivity contribution in [1.82, 2.24) is 15.5 Å². The van der Waals surface area contributed by atoms with Crippen LogP contribution in [-0.4, -0.2) is 55.9 Å². The van der Waals surface area contributed by atoms with Gasteiger partial charge >= 0.3 is 0 Å². The Morgan fingerprint density at radius 2 is 1.88 bits per heavy atom. The normalized spacial score (nSPS) is 21.1. The molecule has 1 atom stereocenters. The zero-order valence-electron chi connectivity index (χ0n) is 15.1. The third-order valence-corrected chi connectivity index (χ3v) is 4.93. The van der Waals surface area contributed by atoms with E-state index in [1.54, 1.807) is 7.05 Å². The van der Waals surface area contributed by atoms with Crippen LogP contribution < -0.4 is 16.4 Å². The van der Waals surface area contributed by atoms with Gasteiger partial charge in [-0.15, -0.1) is 24.0 Å². The van der Waals surface area contributed by atoms with Gasteiger partial charge in [0.25, 0.3) is 0 Å². The van der Waals surface area contributed by atoms with E-state index in [4.69, 9.17) is 5.73 Å². The zero-order chi connectivity index (χ0) is 17.4. The van der Waals surface area contributed by atoms with Crippen LogP contribution in [0.4, 0.5) is 0 Å². The third-order valence-electron chi connectivity index (χ3n) is 4.93. The second-order valence-corrected chi connectivity index (χ2v) is 6.87. The third kappa shape index (κ3) is 7.37. The zero-order valence-corrected chi connectivity index (χ0v) is 17.5. The lowest BCUT2D eigenvalue weighted by Gasteiger charge is -2.34. The lowest BCUT2D eigenvalue weighted by atomic mass is 9.85. The fourth-order valence-corrected chi connectivity index (χ4v) is 3.36. The number of carbonyl (C=O) groups is 2. The molecule has 2 aliphatic rings. The van der Waals surface area contributed by atoms with Crippen molar-refractivity contribution in [2.75, 3.05) is 33.2 Å². The Hall–Kier alpha value is -1.06. The molecule has 4 N–H and O–H groups in total. The Balaban J connectivity index is 0.00000312. The van der Waals surface area contributed by atoms with Crippen molar-refractivity contribution in [2.24, 2.45) is 22.6 Å². The predicted octanol–water partition coefficient (Wildman–Crippen LogP) is 1.07. The molecular formula is C17H32IN5O2. The highest BCUT2D eigenvalue weighted by molar-refractivity contribution is 14.0. The number of nitrogens with two attached hydrogens (primary N) is 1. The second kappa shape index (κ2) is 11.5. The fourth-order valence-electron chi connectivity index (χ4n) is 3.36. The summed E-state index contributed by atoms with van der Waals surface area (Å²) in [7, 11) is 1.78. The van der Waals surface area contributed by atoms with E-state index in [1.807, 2.05) is 0 Å². The van der Waals surface area contributed by atoms with E-state index in [-0.39, 0.29) is 41.7 Å². The molecule has 1 saturated carbocycles. The highest BCUT2D eigenvalue weighted by atomic mass is 127. The molecule has 1 aliphatic heterocycles. The van der Waals surface area contributed by atoms with Crippen LogP contribution in [0.25, 0.3) is 0 Å². The molecule has 7 nitrogen and oxygen atoms in total. The SMILES string of the molecule is CN=C(NCCCNC(=O)C1CCC1)N1CCCC(CC(N)=O)C1.I. The van der Waals surface area contributed by atoms with Crippen LogP contribution in [0.1, 0.15) is 44.9 Å². The van der Waals surface area contributed by atoms with E-state index >= 15 is 0 Å². The standard InChI is InChI=1S/C17H31N5O2.HI/c1-19-17(22-10-3-5-13(12-22)11-15(18)23)21-9-4-8-20-16(24)14-6-2-7-14;/h13-14H,2-12H2,1H3,(H2,18,23)(H,19,21)(H,20,24);1H. The van der Waals surface area contributed by atoms with Gasteiger partial charge in [0, 0.05) is 45.6 Å². The number of halogens is 1. The number of likely N-dealkylation sites (tertiary alicyclic amines) is 1. The van der Waals surface area contributed by atoms with E-state index in [9.17, 15) is 9.59 Å². The van der Waals surface area contributed by atoms with Crippen molar-refractivity contribution >= 4 is 41.8 Å². The lowest BCUT2D eigenvalue weighted by molar-refractivity contribution is -0.127. The average Bonchev–Trinajstić information content (AvgIpc) is 2.48. The minimum Gasteiger partial charge on any atom is -0.370 e. The van der Waals surface area contributed by atoms with Gasteiger partial charge in [0.1, 0.15) is 0 Å². The van der Waals surface area contributed by atoms with Crippen molar-refractivity contribution < 1.29 is 9.59 Å². The van der Waals surface area contributed by atoms with E-state index < -0.39 is 0 Å². The maximum absolute atomic E-state index is 11.7. The van der Waals surface area contributed by atoms with Gasteiger partial charge in [-0.25, -0.2) is 0 Å². The first kappa shape index (κ1) is 22.0. The maximum Gasteiger partial charge on any atom is 0.223 e. The first-order valence-corrected chi connectivity index (χ1v) is 9.11. The number of guanidine groups is 1. The highest BCUT2D eigenvalue weighted by Gasteiger charge is 2.25. The largest absolute Gasteiger partial charge is 0.370 e. The quantitative estimate of drug-likeness (QED) is 0.227. The van der Waals surface area contributed by atoms with Crippen LogP contribution in [0, 0.1) is 11.8 Å². The topological polar surface area (TPSA) is 99.8 Å². The van der Waals surface area contributed by atoms with E-state index in [0.29, 0.717) is 18.9 Å². The molecule has 0 aromatic carbocycles. The van der Waals surface area contributed by atoms with Crippen molar-refractivity contribution in [3.05, 3.63) is 0 Å². The average molecular weight is 465 g/mol. The Labute approximate surface area is 167 Å². The van der Waals surface area contributed by atoms with E-state index in [1.165, 1.54) is 6.42 Å². The number of hydrogen-bond donors (Lipinski definition) is 3. The summed E-state index contributed by atoms with van der Waals surface area (Å²) in [6, 6.07) is 0. The summed E-state index contributed by atoms with van der Waals surface area (Å²) in [6.07, 6.45) is 6.68. The summed E-state index contributed by atoms with van der Waals surface area (Å²) in [5.74, 6) is 1.41. The smallest absolute Gasteiger partial charge is 0.223 e. The Morgan fingerprint density at radius 1 is 1.16 bits per heavy atom. The number of aliphatic imine (C=N–C) groups is 1. The summed E-state index contributed by atoms with van der Waals surface area (Å²) in [5, 5.41) is 6.35. The fraction of sp³-hybridized carbons (Fsp3) is 0.824. The Morgan fingerprint density at radius 3 is 2.48 bits per heavy atom. The van der Waals surface area contributed by atoms with Gasteiger partial charge in [0.15, 0.2) is 5.96 Å². The first-order chi connectivity index (χ1) is 11.6. The summed E-state index contributed by atoms with van der Waals surface area (Å²) in [5.41, 5.74) is 5.31. The van der Waals surface area contributed by atoms with Crippen molar-refractivity contribution in [3.63, 3.8) is 0 Å². The molecule has 2 amide bonds. The molecule has 0 aromatic rings. The predicted molar refractivity (Wildman–Crippen MR) is 110 cm³/mol. The molecule has 1 heterocycles. The van der Waals surface area contributed by atoms with Gasteiger partial charge < -0.3 is 21.3 Å². The van der Waals surface area contributed by atoms with Crippen LogP contribution in [0.5, 0.6) is 0 Å². The van der Waals surface area contributed by atoms with E-state index in [0.717, 1.165) is 57.7 Å². The monoisotopic (exact) mass is 465 g/mol. The van der Waals surface area contributed by atoms with Crippen LogP contribution in [0.15, 0.2) is 4.99 Å². The molecule has 0 radical (unpaired) electrons. The number of rotatable bonds is 7. The van der Waals surface area contributed by atoms with Gasteiger partial charge in [-0.3, -0.25) is 14.6 Å². The summed E-state index contributed by atoms with van der Waals surface area (Å²) >= 11 is 0. The summed E-state index contributed by atoms with van der Waals surface area (Å²) in [4.78, 5) is 29.4. The minimum absolute atomic E-state index is 0. The molecule has 2 rings (SSSR count). The maximum atomic E-state index is 11.7. The molecule has 0 aromatic heterocycles. The molecule has 1 unspecified atom stereocenters. The van der Waals surface area contributed by atoms with Crippen LogP contribution in [0.2, 0.25) is 0 Å². The number of carbonyl (C=O) groups excluding carboxylic acids is 2. The number of nitrogens with one attached hydrogen (secondary N) is 2. The number of hydrogen-bond acceptors (Lipinski definition) is 3. The number of amides is 2. The molecule has 1 aliphatic carbocycles. The molecule has 25 heavy (non-hydrogen) atoms. The van der Waals surface area contributed by atoms with Crippen LogP contribution in [0.3, 0.4) is 0 Å². The molecule has 0 spiro atoms. The van der Waals surface area contributed by atoms with Crippen molar-refractivity contribution in [3.8, 4) is 0 Å². The number of primary amides is 1. The molecule has 144 valence electrons. The molecule has 8 heteroatoms.